The molecule has 8 heteroatoms. The van der Waals surface area contributed by atoms with Crippen LogP contribution in [-0.4, -0.2) is 17.2 Å². The highest BCUT2D eigenvalue weighted by Crippen LogP contribution is 2.34. The molecule has 0 aromatic heterocycles. The molecule has 0 fully saturated rings. The first kappa shape index (κ1) is 17.6. The minimum Gasteiger partial charge on any atom is -0.384 e. The van der Waals surface area contributed by atoms with Crippen LogP contribution in [0.4, 0.5) is 18.9 Å². The number of benzene rings is 2. The molecule has 0 saturated carbocycles. The third kappa shape index (κ3) is 4.16. The van der Waals surface area contributed by atoms with Crippen LogP contribution in [0.1, 0.15) is 17.2 Å². The van der Waals surface area contributed by atoms with E-state index in [1.165, 1.54) is 30.3 Å². The number of alkyl halides is 3. The molecule has 1 amide bonds. The van der Waals surface area contributed by atoms with Crippen LogP contribution >= 0.6 is 23.2 Å². The predicted octanol–water partition coefficient (Wildman–Crippen LogP) is 4.58. The van der Waals surface area contributed by atoms with E-state index in [9.17, 15) is 23.1 Å². The second-order valence-corrected chi connectivity index (χ2v) is 5.45. The third-order valence-electron chi connectivity index (χ3n) is 3.01. The van der Waals surface area contributed by atoms with Crippen molar-refractivity contribution in [2.75, 3.05) is 5.32 Å². The first-order valence-electron chi connectivity index (χ1n) is 6.30. The molecule has 2 aromatic carbocycles. The van der Waals surface area contributed by atoms with Crippen molar-refractivity contribution in [2.45, 2.75) is 12.3 Å². The highest BCUT2D eigenvalue weighted by atomic mass is 35.5. The Hall–Kier alpha value is -1.76. The number of carbonyl (C=O) groups is 1. The van der Waals surface area contributed by atoms with Gasteiger partial charge in [-0.25, -0.2) is 0 Å². The number of halogens is 5. The molecule has 0 aliphatic carbocycles. The van der Waals surface area contributed by atoms with Crippen LogP contribution in [0.25, 0.3) is 0 Å². The molecule has 3 nitrogen and oxygen atoms in total. The summed E-state index contributed by atoms with van der Waals surface area (Å²) in [6.45, 7) is 0. The number of carbonyl (C=O) groups excluding carboxylic acids is 1. The minimum absolute atomic E-state index is 0.00296. The van der Waals surface area contributed by atoms with Gasteiger partial charge >= 0.3 is 12.1 Å². The average Bonchev–Trinajstić information content (AvgIpc) is 2.48. The molecule has 0 heterocycles. The van der Waals surface area contributed by atoms with Crippen LogP contribution in [0, 0.1) is 0 Å². The summed E-state index contributed by atoms with van der Waals surface area (Å²) in [5, 5.41) is 12.6. The number of aliphatic hydroxyl groups excluding tert-OH is 1. The Labute approximate surface area is 139 Å². The van der Waals surface area contributed by atoms with E-state index in [1.54, 1.807) is 17.4 Å². The summed E-state index contributed by atoms with van der Waals surface area (Å²) in [7, 11) is 0. The monoisotopic (exact) mass is 363 g/mol. The van der Waals surface area contributed by atoms with E-state index < -0.39 is 18.2 Å². The Morgan fingerprint density at radius 1 is 1.09 bits per heavy atom. The molecule has 0 radical (unpaired) electrons. The molecular formula is C15H10Cl2F3NO2. The fourth-order valence-electron chi connectivity index (χ4n) is 1.93. The van der Waals surface area contributed by atoms with Crippen LogP contribution in [0.3, 0.4) is 0 Å². The fourth-order valence-corrected chi connectivity index (χ4v) is 2.35. The molecule has 2 aromatic rings. The van der Waals surface area contributed by atoms with Gasteiger partial charge in [-0.05, 0) is 24.3 Å². The van der Waals surface area contributed by atoms with Crippen LogP contribution in [0.15, 0.2) is 42.5 Å². The van der Waals surface area contributed by atoms with Crippen molar-refractivity contribution in [3.63, 3.8) is 0 Å². The van der Waals surface area contributed by atoms with Crippen LogP contribution in [-0.2, 0) is 4.79 Å². The number of rotatable bonds is 3. The maximum absolute atomic E-state index is 12.4. The van der Waals surface area contributed by atoms with Crippen LogP contribution in [0.5, 0.6) is 0 Å². The SMILES string of the molecule is O=C(Nc1ccc(Cl)cc1C(O)c1ccccc1Cl)C(F)(F)F. The molecule has 0 aliphatic heterocycles. The van der Waals surface area contributed by atoms with Crippen LogP contribution < -0.4 is 5.32 Å². The van der Waals surface area contributed by atoms with Crippen molar-refractivity contribution < 1.29 is 23.1 Å². The Bertz CT molecular complexity index is 735. The number of aliphatic hydroxyl groups is 1. The molecule has 1 atom stereocenters. The molecule has 1 unspecified atom stereocenters. The summed E-state index contributed by atoms with van der Waals surface area (Å²) in [5.41, 5.74) is 0.0753. The highest BCUT2D eigenvalue weighted by molar-refractivity contribution is 6.31. The Balaban J connectivity index is 2.43. The lowest BCUT2D eigenvalue weighted by Gasteiger charge is -2.18. The molecule has 122 valence electrons. The van der Waals surface area contributed by atoms with Gasteiger partial charge in [-0.1, -0.05) is 41.4 Å². The van der Waals surface area contributed by atoms with Gasteiger partial charge in [-0.15, -0.1) is 0 Å². The summed E-state index contributed by atoms with van der Waals surface area (Å²) in [4.78, 5) is 11.1. The van der Waals surface area contributed by atoms with Gasteiger partial charge in [0.2, 0.25) is 0 Å². The number of nitrogens with one attached hydrogen (secondary N) is 1. The maximum Gasteiger partial charge on any atom is 0.471 e. The van der Waals surface area contributed by atoms with E-state index in [-0.39, 0.29) is 26.9 Å². The molecule has 0 aliphatic rings. The number of anilines is 1. The first-order chi connectivity index (χ1) is 10.7. The summed E-state index contributed by atoms with van der Waals surface area (Å²) in [6, 6.07) is 10.0. The molecule has 2 N–H and O–H groups in total. The second-order valence-electron chi connectivity index (χ2n) is 4.61. The quantitative estimate of drug-likeness (QED) is 0.838. The van der Waals surface area contributed by atoms with E-state index in [1.807, 2.05) is 0 Å². The van der Waals surface area contributed by atoms with E-state index in [4.69, 9.17) is 23.2 Å². The van der Waals surface area contributed by atoms with E-state index >= 15 is 0 Å². The topological polar surface area (TPSA) is 49.3 Å². The zero-order valence-electron chi connectivity index (χ0n) is 11.4. The molecule has 23 heavy (non-hydrogen) atoms. The van der Waals surface area contributed by atoms with Gasteiger partial charge in [-0.3, -0.25) is 4.79 Å². The minimum atomic E-state index is -5.05. The van der Waals surface area contributed by atoms with Gasteiger partial charge in [0.15, 0.2) is 0 Å². The molecule has 0 spiro atoms. The lowest BCUT2D eigenvalue weighted by atomic mass is 9.99. The standard InChI is InChI=1S/C15H10Cl2F3NO2/c16-8-5-6-12(21-14(23)15(18,19)20)10(7-8)13(22)9-3-1-2-4-11(9)17/h1-7,13,22H,(H,21,23). The van der Waals surface area contributed by atoms with Gasteiger partial charge in [0.25, 0.3) is 0 Å². The van der Waals surface area contributed by atoms with E-state index in [0.29, 0.717) is 0 Å². The van der Waals surface area contributed by atoms with E-state index in [2.05, 4.69) is 0 Å². The summed E-state index contributed by atoms with van der Waals surface area (Å²) in [5.74, 6) is -2.15. The van der Waals surface area contributed by atoms with Crippen molar-refractivity contribution in [3.05, 3.63) is 63.6 Å². The summed E-state index contributed by atoms with van der Waals surface area (Å²) < 4.78 is 37.2. The Morgan fingerprint density at radius 2 is 1.74 bits per heavy atom. The Morgan fingerprint density at radius 3 is 2.35 bits per heavy atom. The van der Waals surface area contributed by atoms with Crippen molar-refractivity contribution in [1.82, 2.24) is 0 Å². The fraction of sp³-hybridized carbons (Fsp3) is 0.133. The first-order valence-corrected chi connectivity index (χ1v) is 7.06. The second kappa shape index (κ2) is 6.78. The van der Waals surface area contributed by atoms with E-state index in [0.717, 1.165) is 0 Å². The maximum atomic E-state index is 12.4. The molecular weight excluding hydrogens is 354 g/mol. The molecule has 0 bridgehead atoms. The van der Waals surface area contributed by atoms with Crippen LogP contribution in [0.2, 0.25) is 10.0 Å². The lowest BCUT2D eigenvalue weighted by Crippen LogP contribution is -2.30. The summed E-state index contributed by atoms with van der Waals surface area (Å²) in [6.07, 6.45) is -6.40. The predicted molar refractivity (Wildman–Crippen MR) is 81.7 cm³/mol. The number of hydrogen-bond donors (Lipinski definition) is 2. The largest absolute Gasteiger partial charge is 0.471 e. The molecule has 2 rings (SSSR count). The van der Waals surface area contributed by atoms with Gasteiger partial charge in [0.05, 0.1) is 0 Å². The average molecular weight is 364 g/mol. The molecule has 0 saturated heterocycles. The highest BCUT2D eigenvalue weighted by Gasteiger charge is 2.39. The number of amides is 1. The lowest BCUT2D eigenvalue weighted by molar-refractivity contribution is -0.167. The van der Waals surface area contributed by atoms with Crippen molar-refractivity contribution in [2.24, 2.45) is 0 Å². The summed E-state index contributed by atoms with van der Waals surface area (Å²) >= 11 is 11.8. The zero-order valence-corrected chi connectivity index (χ0v) is 12.9. The zero-order chi connectivity index (χ0) is 17.2. The van der Waals surface area contributed by atoms with Gasteiger partial charge in [0, 0.05) is 26.9 Å². The Kier molecular flexibility index (Phi) is 5.19. The van der Waals surface area contributed by atoms with Crippen molar-refractivity contribution in [3.8, 4) is 0 Å². The van der Waals surface area contributed by atoms with Crippen molar-refractivity contribution in [1.29, 1.82) is 0 Å². The number of hydrogen-bond acceptors (Lipinski definition) is 2. The van der Waals surface area contributed by atoms with Gasteiger partial charge in [-0.2, -0.15) is 13.2 Å². The normalized spacial score (nSPS) is 12.8. The van der Waals surface area contributed by atoms with Crippen molar-refractivity contribution >= 4 is 34.8 Å². The van der Waals surface area contributed by atoms with Gasteiger partial charge in [0.1, 0.15) is 6.10 Å². The third-order valence-corrected chi connectivity index (χ3v) is 3.59. The smallest absolute Gasteiger partial charge is 0.384 e. The van der Waals surface area contributed by atoms with Gasteiger partial charge < -0.3 is 10.4 Å².